The molecule has 1 fully saturated rings. The summed E-state index contributed by atoms with van der Waals surface area (Å²) in [7, 11) is 0. The topological polar surface area (TPSA) is 98.0 Å². The number of amides is 1. The first-order valence-corrected chi connectivity index (χ1v) is 13.7. The van der Waals surface area contributed by atoms with Gasteiger partial charge in [0.1, 0.15) is 15.7 Å². The van der Waals surface area contributed by atoms with E-state index in [4.69, 9.17) is 4.98 Å². The lowest BCUT2D eigenvalue weighted by Crippen LogP contribution is -2.14. The minimum atomic E-state index is -0.116. The van der Waals surface area contributed by atoms with Gasteiger partial charge in [-0.25, -0.2) is 4.98 Å². The number of anilines is 1. The van der Waals surface area contributed by atoms with Crippen LogP contribution in [0.15, 0.2) is 5.16 Å². The van der Waals surface area contributed by atoms with Gasteiger partial charge >= 0.3 is 0 Å². The maximum Gasteiger partial charge on any atom is 0.236 e. The molecule has 1 N–H and O–H groups in total. The molecule has 4 heterocycles. The second kappa shape index (κ2) is 8.03. The zero-order chi connectivity index (χ0) is 21.8. The Morgan fingerprint density at radius 1 is 1.19 bits per heavy atom. The highest BCUT2D eigenvalue weighted by molar-refractivity contribution is 7.99. The van der Waals surface area contributed by atoms with Gasteiger partial charge in [-0.2, -0.15) is 0 Å². The van der Waals surface area contributed by atoms with E-state index in [9.17, 15) is 4.79 Å². The van der Waals surface area contributed by atoms with Crippen LogP contribution in [0.3, 0.4) is 0 Å². The Morgan fingerprint density at radius 2 is 2.06 bits per heavy atom. The Labute approximate surface area is 197 Å². The highest BCUT2D eigenvalue weighted by Crippen LogP contribution is 2.44. The van der Waals surface area contributed by atoms with Gasteiger partial charge in [0, 0.05) is 10.8 Å². The molecule has 0 aliphatic heterocycles. The summed E-state index contributed by atoms with van der Waals surface area (Å²) in [6.45, 7) is 4.35. The Hall–Kier alpha value is -2.11. The molecular formula is C21H23N7OS3. The molecule has 32 heavy (non-hydrogen) atoms. The molecule has 0 radical (unpaired) electrons. The van der Waals surface area contributed by atoms with E-state index in [2.05, 4.69) is 37.0 Å². The number of aromatic nitrogens is 6. The number of carbonyl (C=O) groups excluding carboxylic acids is 1. The van der Waals surface area contributed by atoms with Gasteiger partial charge in [0.25, 0.3) is 0 Å². The fourth-order valence-corrected chi connectivity index (χ4v) is 7.10. The molecule has 2 aliphatic carbocycles. The Morgan fingerprint density at radius 3 is 2.84 bits per heavy atom. The van der Waals surface area contributed by atoms with Crippen molar-refractivity contribution in [1.82, 2.24) is 29.8 Å². The Bertz CT molecular complexity index is 1340. The largest absolute Gasteiger partial charge is 0.300 e. The van der Waals surface area contributed by atoms with E-state index in [1.165, 1.54) is 45.3 Å². The van der Waals surface area contributed by atoms with Gasteiger partial charge in [-0.1, -0.05) is 36.9 Å². The summed E-state index contributed by atoms with van der Waals surface area (Å²) >= 11 is 4.65. The van der Waals surface area contributed by atoms with Gasteiger partial charge in [-0.05, 0) is 50.0 Å². The number of aryl methyl sites for hydroxylation is 2. The summed E-state index contributed by atoms with van der Waals surface area (Å²) in [5.41, 5.74) is 2.32. The molecule has 1 amide bonds. The first-order chi connectivity index (χ1) is 15.6. The molecule has 166 valence electrons. The lowest BCUT2D eigenvalue weighted by atomic mass is 9.89. The number of hydrogen-bond donors (Lipinski definition) is 1. The zero-order valence-electron chi connectivity index (χ0n) is 17.9. The van der Waals surface area contributed by atoms with Crippen LogP contribution in [0.1, 0.15) is 60.3 Å². The number of nitrogens with one attached hydrogen (secondary N) is 1. The van der Waals surface area contributed by atoms with Crippen LogP contribution < -0.4 is 5.32 Å². The first kappa shape index (κ1) is 20.5. The molecule has 4 aromatic rings. The van der Waals surface area contributed by atoms with Gasteiger partial charge in [-0.3, -0.25) is 14.5 Å². The number of rotatable bonds is 6. The van der Waals surface area contributed by atoms with Crippen LogP contribution in [-0.4, -0.2) is 41.4 Å². The Kier molecular flexibility index (Phi) is 5.14. The molecule has 11 heteroatoms. The fourth-order valence-electron chi connectivity index (χ4n) is 4.28. The quantitative estimate of drug-likeness (QED) is 0.402. The maximum atomic E-state index is 12.5. The fraction of sp³-hybridized carbons (Fsp3) is 0.524. The monoisotopic (exact) mass is 485 g/mol. The predicted octanol–water partition coefficient (Wildman–Crippen LogP) is 4.49. The number of thioether (sulfide) groups is 1. The van der Waals surface area contributed by atoms with E-state index < -0.39 is 0 Å². The molecule has 0 unspecified atom stereocenters. The predicted molar refractivity (Wildman–Crippen MR) is 128 cm³/mol. The van der Waals surface area contributed by atoms with Crippen LogP contribution in [0.5, 0.6) is 0 Å². The second-order valence-electron chi connectivity index (χ2n) is 8.61. The summed E-state index contributed by atoms with van der Waals surface area (Å²) in [5, 5.41) is 23.4. The van der Waals surface area contributed by atoms with Crippen molar-refractivity contribution >= 4 is 61.3 Å². The van der Waals surface area contributed by atoms with Crippen molar-refractivity contribution in [3.8, 4) is 0 Å². The van der Waals surface area contributed by atoms with Crippen LogP contribution in [0, 0.1) is 5.92 Å². The summed E-state index contributed by atoms with van der Waals surface area (Å²) in [6.07, 6.45) is 6.52. The lowest BCUT2D eigenvalue weighted by molar-refractivity contribution is -0.113. The van der Waals surface area contributed by atoms with Crippen molar-refractivity contribution in [2.45, 2.75) is 63.4 Å². The summed E-state index contributed by atoms with van der Waals surface area (Å²) in [4.78, 5) is 20.2. The molecule has 1 saturated carbocycles. The second-order valence-corrected chi connectivity index (χ2v) is 11.7. The van der Waals surface area contributed by atoms with Crippen molar-refractivity contribution < 1.29 is 4.79 Å². The molecule has 0 bridgehead atoms. The average molecular weight is 486 g/mol. The molecule has 1 atom stereocenters. The van der Waals surface area contributed by atoms with Gasteiger partial charge in [-0.15, -0.1) is 31.7 Å². The van der Waals surface area contributed by atoms with Crippen molar-refractivity contribution in [2.75, 3.05) is 11.1 Å². The number of fused-ring (bicyclic) bond motifs is 5. The maximum absolute atomic E-state index is 12.5. The molecule has 4 aromatic heterocycles. The zero-order valence-corrected chi connectivity index (χ0v) is 20.4. The van der Waals surface area contributed by atoms with Gasteiger partial charge in [0.15, 0.2) is 10.8 Å². The third-order valence-electron chi connectivity index (χ3n) is 6.09. The molecule has 2 aliphatic rings. The van der Waals surface area contributed by atoms with Crippen molar-refractivity contribution in [3.05, 3.63) is 21.3 Å². The third kappa shape index (κ3) is 3.60. The van der Waals surface area contributed by atoms with E-state index in [-0.39, 0.29) is 11.7 Å². The molecule has 0 aromatic carbocycles. The molecule has 6 rings (SSSR count). The van der Waals surface area contributed by atoms with Crippen LogP contribution in [-0.2, 0) is 24.1 Å². The number of thiophene rings is 1. The minimum Gasteiger partial charge on any atom is -0.300 e. The summed E-state index contributed by atoms with van der Waals surface area (Å²) in [5.74, 6) is 2.35. The van der Waals surface area contributed by atoms with Crippen molar-refractivity contribution in [2.24, 2.45) is 5.92 Å². The number of carbonyl (C=O) groups is 1. The van der Waals surface area contributed by atoms with Crippen LogP contribution >= 0.6 is 34.4 Å². The summed E-state index contributed by atoms with van der Waals surface area (Å²) < 4.78 is 2.11. The first-order valence-electron chi connectivity index (χ1n) is 11.0. The molecule has 0 saturated heterocycles. The van der Waals surface area contributed by atoms with Crippen molar-refractivity contribution in [3.63, 3.8) is 0 Å². The van der Waals surface area contributed by atoms with E-state index in [0.717, 1.165) is 64.5 Å². The van der Waals surface area contributed by atoms with E-state index in [1.807, 2.05) is 18.3 Å². The smallest absolute Gasteiger partial charge is 0.236 e. The highest BCUT2D eigenvalue weighted by atomic mass is 32.2. The van der Waals surface area contributed by atoms with Crippen LogP contribution in [0.2, 0.25) is 0 Å². The van der Waals surface area contributed by atoms with E-state index in [1.54, 1.807) is 0 Å². The average Bonchev–Trinajstić information content (AvgIpc) is 3.22. The SMILES string of the molecule is CCc1nnc(NC(=O)CSc2nnc3c4c5c(sc4nc(C4CC4)n23)C[C@H](C)CC5)s1. The van der Waals surface area contributed by atoms with Gasteiger partial charge < -0.3 is 0 Å². The molecule has 0 spiro atoms. The van der Waals surface area contributed by atoms with E-state index in [0.29, 0.717) is 11.0 Å². The molecule has 8 nitrogen and oxygen atoms in total. The standard InChI is InChI=1S/C21H23N7OS3/c1-3-15-24-26-20(32-15)22-14(29)9-30-21-27-25-18-16-12-7-4-10(2)8-13(12)31-19(16)23-17(28(18)21)11-5-6-11/h10-11H,3-9H2,1-2H3,(H,22,26,29)/t10-/m1/s1. The number of nitrogens with zero attached hydrogens (tertiary/aromatic N) is 6. The van der Waals surface area contributed by atoms with Crippen LogP contribution in [0.4, 0.5) is 5.13 Å². The van der Waals surface area contributed by atoms with Gasteiger partial charge in [0.05, 0.1) is 11.1 Å². The van der Waals surface area contributed by atoms with E-state index >= 15 is 0 Å². The minimum absolute atomic E-state index is 0.116. The van der Waals surface area contributed by atoms with Gasteiger partial charge in [0.2, 0.25) is 11.0 Å². The summed E-state index contributed by atoms with van der Waals surface area (Å²) in [6, 6.07) is 0. The molecular weight excluding hydrogens is 462 g/mol. The normalized spacial score (nSPS) is 18.4. The van der Waals surface area contributed by atoms with Crippen LogP contribution in [0.25, 0.3) is 15.9 Å². The number of hydrogen-bond acceptors (Lipinski definition) is 9. The highest BCUT2D eigenvalue weighted by Gasteiger charge is 2.32. The lowest BCUT2D eigenvalue weighted by Gasteiger charge is -2.17. The van der Waals surface area contributed by atoms with Crippen molar-refractivity contribution in [1.29, 1.82) is 0 Å². The third-order valence-corrected chi connectivity index (χ3v) is 9.15. The Balaban J connectivity index is 1.32.